The van der Waals surface area contributed by atoms with Crippen molar-refractivity contribution in [3.05, 3.63) is 167 Å². The van der Waals surface area contributed by atoms with E-state index >= 15 is 0 Å². The molecule has 0 bridgehead atoms. The van der Waals surface area contributed by atoms with Crippen molar-refractivity contribution in [3.63, 3.8) is 0 Å². The van der Waals surface area contributed by atoms with Crippen molar-refractivity contribution in [3.8, 4) is 22.4 Å². The summed E-state index contributed by atoms with van der Waals surface area (Å²) in [4.78, 5) is 0. The highest BCUT2D eigenvalue weighted by molar-refractivity contribution is 6.09. The Bertz CT molecular complexity index is 2450. The molecule has 11 rings (SSSR count). The zero-order valence-electron chi connectivity index (χ0n) is 25.0. The quantitative estimate of drug-likeness (QED) is 0.130. The number of fused-ring (bicyclic) bond motifs is 9. The molecule has 44 heavy (non-hydrogen) atoms. The molecule has 2 aliphatic heterocycles. The summed E-state index contributed by atoms with van der Waals surface area (Å²) >= 11 is 0. The third-order valence-electron chi connectivity index (χ3n) is 11.3. The van der Waals surface area contributed by atoms with Crippen molar-refractivity contribution in [2.45, 2.75) is 37.3 Å². The van der Waals surface area contributed by atoms with Crippen molar-refractivity contribution in [1.29, 1.82) is 0 Å². The van der Waals surface area contributed by atoms with E-state index in [1.54, 1.807) is 0 Å². The predicted octanol–water partition coefficient (Wildman–Crippen LogP) is 8.13. The van der Waals surface area contributed by atoms with Gasteiger partial charge in [-0.25, -0.2) is 0 Å². The van der Waals surface area contributed by atoms with E-state index in [-0.39, 0.29) is 5.41 Å². The Morgan fingerprint density at radius 3 is 1.95 bits per heavy atom. The maximum atomic E-state index is 2.61. The Morgan fingerprint density at radius 2 is 1.18 bits per heavy atom. The number of nitrogens with zero attached hydrogens (tertiary/aromatic N) is 2. The lowest BCUT2D eigenvalue weighted by atomic mass is 9.58. The highest BCUT2D eigenvalue weighted by Gasteiger charge is 2.73. The maximum Gasteiger partial charge on any atom is 0.418 e. The number of aromatic nitrogens is 2. The molecule has 2 heteroatoms. The first kappa shape index (κ1) is 23.4. The van der Waals surface area contributed by atoms with Gasteiger partial charge in [-0.05, 0) is 67.9 Å². The Hall–Kier alpha value is -5.08. The number of rotatable bonds is 0. The fourth-order valence-corrected chi connectivity index (χ4v) is 9.65. The fourth-order valence-electron chi connectivity index (χ4n) is 9.65. The molecule has 5 aromatic carbocycles. The van der Waals surface area contributed by atoms with Crippen LogP contribution in [0.4, 0.5) is 0 Å². The molecule has 2 aromatic heterocycles. The molecule has 206 valence electrons. The normalized spacial score (nSPS) is 18.6. The van der Waals surface area contributed by atoms with Crippen molar-refractivity contribution in [2.24, 2.45) is 0 Å². The minimum absolute atomic E-state index is 0.0465. The van der Waals surface area contributed by atoms with Crippen LogP contribution in [-0.4, -0.2) is 0 Å². The summed E-state index contributed by atoms with van der Waals surface area (Å²) in [7, 11) is 0. The van der Waals surface area contributed by atoms with Crippen LogP contribution in [0.5, 0.6) is 0 Å². The molecule has 4 aliphatic rings. The van der Waals surface area contributed by atoms with Gasteiger partial charge in [0.05, 0.1) is 16.4 Å². The van der Waals surface area contributed by atoms with Crippen LogP contribution < -0.4 is 9.13 Å². The third kappa shape index (κ3) is 2.24. The molecule has 2 spiro atoms. The first-order valence-corrected chi connectivity index (χ1v) is 15.8. The molecule has 7 aromatic rings. The molecule has 0 fully saturated rings. The van der Waals surface area contributed by atoms with Crippen molar-refractivity contribution in [1.82, 2.24) is 0 Å². The molecule has 1 unspecified atom stereocenters. The minimum atomic E-state index is -0.507. The summed E-state index contributed by atoms with van der Waals surface area (Å²) in [5, 5.41) is 3.99. The molecule has 2 aliphatic carbocycles. The largest absolute Gasteiger partial charge is 0.418 e. The summed E-state index contributed by atoms with van der Waals surface area (Å²) in [6, 6.07) is 44.3. The second-order valence-electron chi connectivity index (χ2n) is 14.1. The van der Waals surface area contributed by atoms with E-state index in [1.165, 1.54) is 83.0 Å². The van der Waals surface area contributed by atoms with E-state index in [1.807, 2.05) is 0 Å². The van der Waals surface area contributed by atoms with Crippen LogP contribution in [0.2, 0.25) is 0 Å². The van der Waals surface area contributed by atoms with Crippen LogP contribution in [0.3, 0.4) is 0 Å². The Labute approximate surface area is 256 Å². The van der Waals surface area contributed by atoms with Crippen LogP contribution in [0, 0.1) is 0 Å². The summed E-state index contributed by atoms with van der Waals surface area (Å²) in [5.41, 5.74) is 15.6. The summed E-state index contributed by atoms with van der Waals surface area (Å²) < 4.78 is 5.21. The van der Waals surface area contributed by atoms with Crippen LogP contribution in [-0.2, 0) is 16.5 Å². The van der Waals surface area contributed by atoms with Crippen molar-refractivity contribution < 1.29 is 9.13 Å². The Balaban J connectivity index is 1.44. The smallest absolute Gasteiger partial charge is 0.125 e. The van der Waals surface area contributed by atoms with Gasteiger partial charge in [0.2, 0.25) is 11.2 Å². The van der Waals surface area contributed by atoms with Gasteiger partial charge >= 0.3 is 5.66 Å². The lowest BCUT2D eigenvalue weighted by Gasteiger charge is -2.41. The van der Waals surface area contributed by atoms with Crippen LogP contribution in [0.1, 0.15) is 59.7 Å². The van der Waals surface area contributed by atoms with Gasteiger partial charge in [0.15, 0.2) is 12.4 Å². The average molecular weight is 563 g/mol. The van der Waals surface area contributed by atoms with Gasteiger partial charge in [-0.15, -0.1) is 9.13 Å². The Morgan fingerprint density at radius 1 is 0.523 bits per heavy atom. The van der Waals surface area contributed by atoms with Crippen molar-refractivity contribution in [2.75, 3.05) is 0 Å². The predicted molar refractivity (Wildman–Crippen MR) is 175 cm³/mol. The molecule has 1 atom stereocenters. The fraction of sp³-hybridized carbons (Fsp3) is 0.143. The van der Waals surface area contributed by atoms with Gasteiger partial charge in [0.25, 0.3) is 0 Å². The maximum absolute atomic E-state index is 2.61. The molecule has 0 N–H and O–H groups in total. The van der Waals surface area contributed by atoms with Gasteiger partial charge in [-0.3, -0.25) is 0 Å². The van der Waals surface area contributed by atoms with E-state index < -0.39 is 11.1 Å². The first-order chi connectivity index (χ1) is 21.5. The van der Waals surface area contributed by atoms with Crippen LogP contribution >= 0.6 is 0 Å². The van der Waals surface area contributed by atoms with Crippen molar-refractivity contribution >= 4 is 21.7 Å². The summed E-state index contributed by atoms with van der Waals surface area (Å²) in [6.07, 6.45) is 4.72. The molecule has 4 heterocycles. The van der Waals surface area contributed by atoms with E-state index in [9.17, 15) is 0 Å². The van der Waals surface area contributed by atoms with Gasteiger partial charge < -0.3 is 0 Å². The SMILES string of the molecule is CC(C)(C)c1cc[n+]2c(c1)-c1cccc3c1C21c2c(ccc4ccc5ccc[n+]1c5c24)C31c2ccccc2-c2ccccc21. The standard InChI is InChI=1S/C42H30N2/c1-40(2,3)27-21-23-43-35(24-27)30-13-8-16-33-37(30)42(43)38-34(20-19-25-17-18-26-10-9-22-44(42)39(26)36(25)38)41(33)31-14-6-4-11-28(31)29-12-5-7-15-32(29)41/h4-24H,1-3H3/q+2. The summed E-state index contributed by atoms with van der Waals surface area (Å²) in [5.74, 6) is 0. The minimum Gasteiger partial charge on any atom is -0.125 e. The lowest BCUT2D eigenvalue weighted by Crippen LogP contribution is -2.73. The van der Waals surface area contributed by atoms with Gasteiger partial charge in [0.1, 0.15) is 11.1 Å². The first-order valence-electron chi connectivity index (χ1n) is 15.8. The second-order valence-corrected chi connectivity index (χ2v) is 14.1. The number of benzene rings is 5. The van der Waals surface area contributed by atoms with Crippen LogP contribution in [0.15, 0.2) is 128 Å². The van der Waals surface area contributed by atoms with Crippen LogP contribution in [0.25, 0.3) is 44.1 Å². The molecule has 0 saturated carbocycles. The molecule has 0 radical (unpaired) electrons. The molecule has 0 amide bonds. The molecule has 0 saturated heterocycles. The zero-order valence-corrected chi connectivity index (χ0v) is 25.0. The highest BCUT2D eigenvalue weighted by Crippen LogP contribution is 2.65. The van der Waals surface area contributed by atoms with E-state index in [0.29, 0.717) is 0 Å². The van der Waals surface area contributed by atoms with E-state index in [2.05, 4.69) is 158 Å². The molecular formula is C42H30N2+2. The third-order valence-corrected chi connectivity index (χ3v) is 11.3. The second kappa shape index (κ2) is 7.17. The number of pyridine rings is 2. The highest BCUT2D eigenvalue weighted by atomic mass is 15.3. The monoisotopic (exact) mass is 562 g/mol. The summed E-state index contributed by atoms with van der Waals surface area (Å²) in [6.45, 7) is 6.96. The lowest BCUT2D eigenvalue weighted by molar-refractivity contribution is -0.950. The van der Waals surface area contributed by atoms with Gasteiger partial charge in [-0.1, -0.05) is 99.6 Å². The molecular weight excluding hydrogens is 532 g/mol. The Kier molecular flexibility index (Phi) is 3.81. The number of hydrogen-bond acceptors (Lipinski definition) is 0. The van der Waals surface area contributed by atoms with E-state index in [4.69, 9.17) is 0 Å². The zero-order chi connectivity index (χ0) is 29.2. The average Bonchev–Trinajstić information content (AvgIpc) is 3.64. The topological polar surface area (TPSA) is 7.76 Å². The molecule has 2 nitrogen and oxygen atoms in total. The van der Waals surface area contributed by atoms with Gasteiger partial charge in [0, 0.05) is 23.6 Å². The number of hydrogen-bond donors (Lipinski definition) is 0. The van der Waals surface area contributed by atoms with E-state index in [0.717, 1.165) is 0 Å². The van der Waals surface area contributed by atoms with Gasteiger partial charge in [-0.2, -0.15) is 0 Å².